The molecular formula is C16H16N2O3. The molecule has 3 heterocycles. The average molecular weight is 284 g/mol. The average Bonchev–Trinajstić information content (AvgIpc) is 3.18. The van der Waals surface area contributed by atoms with Crippen LogP contribution in [0, 0.1) is 13.8 Å². The Morgan fingerprint density at radius 1 is 1.24 bits per heavy atom. The summed E-state index contributed by atoms with van der Waals surface area (Å²) in [5.41, 5.74) is 3.08. The maximum absolute atomic E-state index is 5.89. The van der Waals surface area contributed by atoms with Crippen molar-refractivity contribution in [2.75, 3.05) is 13.2 Å². The van der Waals surface area contributed by atoms with E-state index in [1.165, 1.54) is 5.56 Å². The van der Waals surface area contributed by atoms with Crippen LogP contribution < -0.4 is 0 Å². The molecule has 1 aromatic carbocycles. The van der Waals surface area contributed by atoms with E-state index in [0.717, 1.165) is 29.6 Å². The normalized spacial score (nSPS) is 18.7. The van der Waals surface area contributed by atoms with Gasteiger partial charge in [0.1, 0.15) is 5.58 Å². The molecular weight excluding hydrogens is 268 g/mol. The molecule has 1 atom stereocenters. The predicted molar refractivity (Wildman–Crippen MR) is 77.2 cm³/mol. The van der Waals surface area contributed by atoms with E-state index in [1.54, 1.807) is 0 Å². The minimum absolute atomic E-state index is 0.231. The Balaban J connectivity index is 1.77. The Bertz CT molecular complexity index is 797. The fourth-order valence-corrected chi connectivity index (χ4v) is 2.77. The minimum atomic E-state index is 0.231. The van der Waals surface area contributed by atoms with Gasteiger partial charge in [0, 0.05) is 23.5 Å². The molecule has 2 aromatic heterocycles. The fraction of sp³-hybridized carbons (Fsp3) is 0.375. The van der Waals surface area contributed by atoms with Gasteiger partial charge in [-0.25, -0.2) is 0 Å². The third-order valence-corrected chi connectivity index (χ3v) is 4.02. The number of furan rings is 1. The van der Waals surface area contributed by atoms with Gasteiger partial charge in [-0.1, -0.05) is 16.8 Å². The van der Waals surface area contributed by atoms with Gasteiger partial charge in [-0.05, 0) is 32.4 Å². The number of fused-ring (bicyclic) bond motifs is 1. The van der Waals surface area contributed by atoms with Crippen LogP contribution in [0.15, 0.2) is 27.1 Å². The summed E-state index contributed by atoms with van der Waals surface area (Å²) in [5.74, 6) is 2.05. The molecule has 1 saturated heterocycles. The molecule has 1 aliphatic heterocycles. The lowest BCUT2D eigenvalue weighted by Crippen LogP contribution is -1.99. The molecule has 0 aliphatic carbocycles. The van der Waals surface area contributed by atoms with Gasteiger partial charge in [-0.3, -0.25) is 0 Å². The quantitative estimate of drug-likeness (QED) is 0.719. The standard InChI is InChI=1S/C16H16N2O3/c1-9-3-4-13-12(7-9)10(2)14(20-13)16-17-15(18-21-16)11-5-6-19-8-11/h3-4,7,11H,5-6,8H2,1-2H3. The van der Waals surface area contributed by atoms with Crippen molar-refractivity contribution < 1.29 is 13.7 Å². The highest BCUT2D eigenvalue weighted by molar-refractivity contribution is 5.86. The summed E-state index contributed by atoms with van der Waals surface area (Å²) in [5, 5.41) is 5.17. The van der Waals surface area contributed by atoms with Crippen molar-refractivity contribution in [3.05, 3.63) is 35.2 Å². The SMILES string of the molecule is Cc1ccc2oc(-c3nc(C4CCOC4)no3)c(C)c2c1. The molecule has 0 N–H and O–H groups in total. The maximum atomic E-state index is 5.89. The summed E-state index contributed by atoms with van der Waals surface area (Å²) >= 11 is 0. The molecule has 0 saturated carbocycles. The van der Waals surface area contributed by atoms with Crippen molar-refractivity contribution in [2.24, 2.45) is 0 Å². The summed E-state index contributed by atoms with van der Waals surface area (Å²) in [6.07, 6.45) is 0.942. The van der Waals surface area contributed by atoms with Crippen molar-refractivity contribution in [1.82, 2.24) is 10.1 Å². The Labute approximate surface area is 121 Å². The van der Waals surface area contributed by atoms with Gasteiger partial charge in [0.2, 0.25) is 0 Å². The number of ether oxygens (including phenoxy) is 1. The second-order valence-electron chi connectivity index (χ2n) is 5.57. The second-order valence-corrected chi connectivity index (χ2v) is 5.57. The van der Waals surface area contributed by atoms with E-state index in [1.807, 2.05) is 19.1 Å². The van der Waals surface area contributed by atoms with E-state index in [0.29, 0.717) is 24.1 Å². The van der Waals surface area contributed by atoms with E-state index < -0.39 is 0 Å². The highest BCUT2D eigenvalue weighted by Gasteiger charge is 2.25. The molecule has 21 heavy (non-hydrogen) atoms. The number of hydrogen-bond donors (Lipinski definition) is 0. The molecule has 0 radical (unpaired) electrons. The molecule has 3 aromatic rings. The van der Waals surface area contributed by atoms with Gasteiger partial charge in [-0.15, -0.1) is 0 Å². The van der Waals surface area contributed by atoms with Gasteiger partial charge in [0.25, 0.3) is 5.89 Å². The van der Waals surface area contributed by atoms with Gasteiger partial charge in [0.05, 0.1) is 6.61 Å². The predicted octanol–water partition coefficient (Wildman–Crippen LogP) is 3.60. The van der Waals surface area contributed by atoms with Crippen molar-refractivity contribution in [2.45, 2.75) is 26.2 Å². The second kappa shape index (κ2) is 4.70. The monoisotopic (exact) mass is 284 g/mol. The first-order valence-corrected chi connectivity index (χ1v) is 7.14. The van der Waals surface area contributed by atoms with Crippen LogP contribution in [0.3, 0.4) is 0 Å². The van der Waals surface area contributed by atoms with E-state index in [-0.39, 0.29) is 5.92 Å². The lowest BCUT2D eigenvalue weighted by molar-refractivity contribution is 0.192. The summed E-state index contributed by atoms with van der Waals surface area (Å²) in [6.45, 7) is 5.51. The number of hydrogen-bond acceptors (Lipinski definition) is 5. The number of aromatic nitrogens is 2. The van der Waals surface area contributed by atoms with Crippen molar-refractivity contribution >= 4 is 11.0 Å². The van der Waals surface area contributed by atoms with Crippen LogP contribution >= 0.6 is 0 Å². The lowest BCUT2D eigenvalue weighted by atomic mass is 10.1. The summed E-state index contributed by atoms with van der Waals surface area (Å²) in [4.78, 5) is 4.49. The zero-order valence-corrected chi connectivity index (χ0v) is 12.0. The Morgan fingerprint density at radius 3 is 2.95 bits per heavy atom. The van der Waals surface area contributed by atoms with E-state index in [2.05, 4.69) is 23.1 Å². The minimum Gasteiger partial charge on any atom is -0.451 e. The lowest BCUT2D eigenvalue weighted by Gasteiger charge is -1.97. The highest BCUT2D eigenvalue weighted by atomic mass is 16.5. The Kier molecular flexibility index (Phi) is 2.82. The molecule has 0 bridgehead atoms. The first-order valence-electron chi connectivity index (χ1n) is 7.14. The zero-order chi connectivity index (χ0) is 14.4. The van der Waals surface area contributed by atoms with Crippen LogP contribution in [0.25, 0.3) is 22.6 Å². The van der Waals surface area contributed by atoms with Gasteiger partial charge in [0.15, 0.2) is 11.6 Å². The van der Waals surface area contributed by atoms with Gasteiger partial charge >= 0.3 is 0 Å². The zero-order valence-electron chi connectivity index (χ0n) is 12.0. The number of aryl methyl sites for hydroxylation is 2. The molecule has 0 spiro atoms. The molecule has 1 fully saturated rings. The molecule has 0 amide bonds. The Morgan fingerprint density at radius 2 is 2.14 bits per heavy atom. The van der Waals surface area contributed by atoms with Crippen molar-refractivity contribution in [3.63, 3.8) is 0 Å². The van der Waals surface area contributed by atoms with Gasteiger partial charge < -0.3 is 13.7 Å². The Hall–Kier alpha value is -2.14. The van der Waals surface area contributed by atoms with E-state index in [9.17, 15) is 0 Å². The molecule has 4 rings (SSSR count). The van der Waals surface area contributed by atoms with Crippen LogP contribution in [-0.2, 0) is 4.74 Å². The highest BCUT2D eigenvalue weighted by Crippen LogP contribution is 2.33. The summed E-state index contributed by atoms with van der Waals surface area (Å²) in [7, 11) is 0. The summed E-state index contributed by atoms with van der Waals surface area (Å²) in [6, 6.07) is 6.12. The topological polar surface area (TPSA) is 61.3 Å². The molecule has 5 nitrogen and oxygen atoms in total. The number of nitrogens with zero attached hydrogens (tertiary/aromatic N) is 2. The van der Waals surface area contributed by atoms with Crippen molar-refractivity contribution in [1.29, 1.82) is 0 Å². The summed E-state index contributed by atoms with van der Waals surface area (Å²) < 4.78 is 16.6. The number of rotatable bonds is 2. The smallest absolute Gasteiger partial charge is 0.293 e. The first kappa shape index (κ1) is 12.6. The molecule has 1 aliphatic rings. The van der Waals surface area contributed by atoms with Crippen molar-refractivity contribution in [3.8, 4) is 11.7 Å². The van der Waals surface area contributed by atoms with Crippen LogP contribution in [-0.4, -0.2) is 23.4 Å². The third-order valence-electron chi connectivity index (χ3n) is 4.02. The van der Waals surface area contributed by atoms with E-state index in [4.69, 9.17) is 13.7 Å². The van der Waals surface area contributed by atoms with Crippen LogP contribution in [0.2, 0.25) is 0 Å². The van der Waals surface area contributed by atoms with Crippen LogP contribution in [0.5, 0.6) is 0 Å². The van der Waals surface area contributed by atoms with Crippen LogP contribution in [0.1, 0.15) is 29.3 Å². The number of benzene rings is 1. The maximum Gasteiger partial charge on any atom is 0.293 e. The largest absolute Gasteiger partial charge is 0.451 e. The molecule has 108 valence electrons. The van der Waals surface area contributed by atoms with Crippen LogP contribution in [0.4, 0.5) is 0 Å². The molecule has 5 heteroatoms. The molecule has 1 unspecified atom stereocenters. The van der Waals surface area contributed by atoms with E-state index >= 15 is 0 Å². The third kappa shape index (κ3) is 2.05. The fourth-order valence-electron chi connectivity index (χ4n) is 2.77. The first-order chi connectivity index (χ1) is 10.2. The van der Waals surface area contributed by atoms with Gasteiger partial charge in [-0.2, -0.15) is 4.98 Å².